The number of rotatable bonds is 2. The molecule has 2 heterocycles. The molecule has 1 aliphatic carbocycles. The van der Waals surface area contributed by atoms with E-state index in [-0.39, 0.29) is 6.17 Å². The molecule has 0 fully saturated rings. The van der Waals surface area contributed by atoms with E-state index in [1.165, 1.54) is 29.5 Å². The maximum absolute atomic E-state index is 6.39. The van der Waals surface area contributed by atoms with Gasteiger partial charge < -0.3 is 10.6 Å². The molecular formula is C15H18N4O. The second-order valence-corrected chi connectivity index (χ2v) is 5.46. The molecule has 104 valence electrons. The molecule has 0 saturated heterocycles. The van der Waals surface area contributed by atoms with E-state index in [0.29, 0.717) is 6.67 Å². The second-order valence-electron chi connectivity index (χ2n) is 5.46. The van der Waals surface area contributed by atoms with Crippen LogP contribution in [0.4, 0.5) is 0 Å². The number of hydroxylamine groups is 2. The van der Waals surface area contributed by atoms with Gasteiger partial charge in [0.1, 0.15) is 12.8 Å². The van der Waals surface area contributed by atoms with Gasteiger partial charge in [-0.05, 0) is 48.9 Å². The topological polar surface area (TPSA) is 56.3 Å². The Labute approximate surface area is 117 Å². The molecule has 5 heteroatoms. The Kier molecular flexibility index (Phi) is 2.75. The van der Waals surface area contributed by atoms with Crippen LogP contribution >= 0.6 is 0 Å². The summed E-state index contributed by atoms with van der Waals surface area (Å²) in [5.74, 6) is 0.908. The van der Waals surface area contributed by atoms with Gasteiger partial charge in [0, 0.05) is 18.0 Å². The van der Waals surface area contributed by atoms with Crippen molar-refractivity contribution in [3.8, 4) is 5.75 Å². The van der Waals surface area contributed by atoms with Crippen LogP contribution < -0.4 is 10.6 Å². The third-order valence-electron chi connectivity index (χ3n) is 4.20. The van der Waals surface area contributed by atoms with E-state index in [9.17, 15) is 0 Å². The zero-order valence-corrected chi connectivity index (χ0v) is 11.3. The SMILES string of the molecule is NC1c2c(ccc3c2CCCC3)ON1Cn1cccn1. The maximum atomic E-state index is 6.39. The van der Waals surface area contributed by atoms with Crippen LogP contribution in [-0.4, -0.2) is 14.8 Å². The molecule has 5 nitrogen and oxygen atoms in total. The smallest absolute Gasteiger partial charge is 0.154 e. The molecule has 2 aromatic rings. The largest absolute Gasteiger partial charge is 0.402 e. The van der Waals surface area contributed by atoms with E-state index in [0.717, 1.165) is 18.6 Å². The van der Waals surface area contributed by atoms with Crippen molar-refractivity contribution < 1.29 is 4.84 Å². The highest BCUT2D eigenvalue weighted by atomic mass is 16.7. The van der Waals surface area contributed by atoms with Crippen molar-refractivity contribution in [1.29, 1.82) is 0 Å². The van der Waals surface area contributed by atoms with Crippen LogP contribution in [0.2, 0.25) is 0 Å². The minimum atomic E-state index is -0.206. The van der Waals surface area contributed by atoms with Crippen molar-refractivity contribution in [3.05, 3.63) is 47.3 Å². The van der Waals surface area contributed by atoms with Crippen LogP contribution in [0.5, 0.6) is 5.75 Å². The molecule has 2 aliphatic rings. The van der Waals surface area contributed by atoms with Crippen LogP contribution in [-0.2, 0) is 19.5 Å². The van der Waals surface area contributed by atoms with Gasteiger partial charge in [-0.25, -0.2) is 0 Å². The van der Waals surface area contributed by atoms with E-state index < -0.39 is 0 Å². The Hall–Kier alpha value is -1.85. The Morgan fingerprint density at radius 3 is 3.05 bits per heavy atom. The summed E-state index contributed by atoms with van der Waals surface area (Å²) in [6, 6.07) is 6.15. The number of hydrogen-bond donors (Lipinski definition) is 1. The molecule has 20 heavy (non-hydrogen) atoms. The van der Waals surface area contributed by atoms with E-state index in [2.05, 4.69) is 17.2 Å². The van der Waals surface area contributed by atoms with Crippen molar-refractivity contribution in [3.63, 3.8) is 0 Å². The van der Waals surface area contributed by atoms with Gasteiger partial charge in [0.15, 0.2) is 5.75 Å². The van der Waals surface area contributed by atoms with Gasteiger partial charge in [0.2, 0.25) is 0 Å². The number of nitrogens with zero attached hydrogens (tertiary/aromatic N) is 3. The van der Waals surface area contributed by atoms with Gasteiger partial charge in [-0.3, -0.25) is 4.68 Å². The molecule has 0 radical (unpaired) electrons. The van der Waals surface area contributed by atoms with Crippen LogP contribution in [0, 0.1) is 0 Å². The first-order valence-corrected chi connectivity index (χ1v) is 7.15. The minimum absolute atomic E-state index is 0.206. The summed E-state index contributed by atoms with van der Waals surface area (Å²) in [4.78, 5) is 5.91. The first-order chi connectivity index (χ1) is 9.83. The molecule has 1 unspecified atom stereocenters. The summed E-state index contributed by atoms with van der Waals surface area (Å²) in [5.41, 5.74) is 10.4. The summed E-state index contributed by atoms with van der Waals surface area (Å²) in [7, 11) is 0. The summed E-state index contributed by atoms with van der Waals surface area (Å²) >= 11 is 0. The zero-order valence-electron chi connectivity index (χ0n) is 11.3. The lowest BCUT2D eigenvalue weighted by molar-refractivity contribution is -0.0993. The molecule has 0 bridgehead atoms. The molecular weight excluding hydrogens is 252 g/mol. The number of benzene rings is 1. The standard InChI is InChI=1S/C15H18N4O/c16-15-14-12-5-2-1-4-11(12)6-7-13(14)20-19(15)10-18-9-3-8-17-18/h3,6-9,15H,1-2,4-5,10,16H2. The number of fused-ring (bicyclic) bond motifs is 3. The van der Waals surface area contributed by atoms with Gasteiger partial charge >= 0.3 is 0 Å². The van der Waals surface area contributed by atoms with Crippen molar-refractivity contribution >= 4 is 0 Å². The number of aryl methyl sites for hydroxylation is 1. The molecule has 1 aromatic carbocycles. The fraction of sp³-hybridized carbons (Fsp3) is 0.400. The highest BCUT2D eigenvalue weighted by Crippen LogP contribution is 2.40. The quantitative estimate of drug-likeness (QED) is 0.906. The average molecular weight is 270 g/mol. The van der Waals surface area contributed by atoms with Gasteiger partial charge in [-0.1, -0.05) is 6.07 Å². The van der Waals surface area contributed by atoms with Gasteiger partial charge in [-0.15, -0.1) is 5.06 Å². The Balaban J connectivity index is 1.66. The molecule has 1 aliphatic heterocycles. The fourth-order valence-electron chi connectivity index (χ4n) is 3.21. The van der Waals surface area contributed by atoms with Gasteiger partial charge in [0.25, 0.3) is 0 Å². The highest BCUT2D eigenvalue weighted by molar-refractivity contribution is 5.49. The number of hydrogen-bond acceptors (Lipinski definition) is 4. The van der Waals surface area contributed by atoms with Crippen molar-refractivity contribution in [2.24, 2.45) is 5.73 Å². The lowest BCUT2D eigenvalue weighted by Gasteiger charge is -2.21. The first kappa shape index (κ1) is 11.9. The van der Waals surface area contributed by atoms with Crippen LogP contribution in [0.15, 0.2) is 30.6 Å². The molecule has 4 rings (SSSR count). The monoisotopic (exact) mass is 270 g/mol. The lowest BCUT2D eigenvalue weighted by Crippen LogP contribution is -2.34. The molecule has 2 N–H and O–H groups in total. The predicted molar refractivity (Wildman–Crippen MR) is 74.7 cm³/mol. The lowest BCUT2D eigenvalue weighted by atomic mass is 9.87. The number of aromatic nitrogens is 2. The summed E-state index contributed by atoms with van der Waals surface area (Å²) < 4.78 is 1.82. The molecule has 1 atom stereocenters. The van der Waals surface area contributed by atoms with Gasteiger partial charge in [-0.2, -0.15) is 5.10 Å². The normalized spacial score (nSPS) is 21.4. The Morgan fingerprint density at radius 1 is 1.30 bits per heavy atom. The van der Waals surface area contributed by atoms with Crippen LogP contribution in [0.3, 0.4) is 0 Å². The fourth-order valence-corrected chi connectivity index (χ4v) is 3.21. The van der Waals surface area contributed by atoms with Crippen molar-refractivity contribution in [1.82, 2.24) is 14.8 Å². The highest BCUT2D eigenvalue weighted by Gasteiger charge is 2.33. The summed E-state index contributed by atoms with van der Waals surface area (Å²) in [6.45, 7) is 0.539. The Bertz CT molecular complexity index is 623. The van der Waals surface area contributed by atoms with Crippen molar-refractivity contribution in [2.45, 2.75) is 38.5 Å². The van der Waals surface area contributed by atoms with E-state index in [1.807, 2.05) is 16.9 Å². The maximum Gasteiger partial charge on any atom is 0.154 e. The van der Waals surface area contributed by atoms with Crippen LogP contribution in [0.1, 0.15) is 35.7 Å². The first-order valence-electron chi connectivity index (χ1n) is 7.15. The zero-order chi connectivity index (χ0) is 13.5. The third kappa shape index (κ3) is 1.82. The minimum Gasteiger partial charge on any atom is -0.402 e. The van der Waals surface area contributed by atoms with E-state index in [4.69, 9.17) is 10.6 Å². The van der Waals surface area contributed by atoms with E-state index >= 15 is 0 Å². The van der Waals surface area contributed by atoms with E-state index in [1.54, 1.807) is 11.3 Å². The number of nitrogens with two attached hydrogens (primary N) is 1. The average Bonchev–Trinajstić information content (AvgIpc) is 3.08. The predicted octanol–water partition coefficient (Wildman–Crippen LogP) is 1.99. The third-order valence-corrected chi connectivity index (χ3v) is 4.20. The van der Waals surface area contributed by atoms with Crippen molar-refractivity contribution in [2.75, 3.05) is 0 Å². The molecule has 0 spiro atoms. The summed E-state index contributed by atoms with van der Waals surface area (Å²) in [5, 5.41) is 6.00. The summed E-state index contributed by atoms with van der Waals surface area (Å²) in [6.07, 6.45) is 8.26. The Morgan fingerprint density at radius 2 is 2.20 bits per heavy atom. The molecule has 0 amide bonds. The molecule has 0 saturated carbocycles. The van der Waals surface area contributed by atoms with Crippen LogP contribution in [0.25, 0.3) is 0 Å². The molecule has 1 aromatic heterocycles. The van der Waals surface area contributed by atoms with Gasteiger partial charge in [0.05, 0.1) is 0 Å². The second kappa shape index (κ2) is 4.61.